The zero-order valence-corrected chi connectivity index (χ0v) is 11.7. The fraction of sp³-hybridized carbons (Fsp3) is 0.500. The summed E-state index contributed by atoms with van der Waals surface area (Å²) < 4.78 is 10.6. The largest absolute Gasteiger partial charge is 0.465 e. The molecule has 1 aromatic carbocycles. The maximum absolute atomic E-state index is 12.0. The minimum atomic E-state index is -0.370. The Labute approximate surface area is 119 Å². The predicted molar refractivity (Wildman–Crippen MR) is 74.2 cm³/mol. The molecule has 1 fully saturated rings. The number of carbonyl (C=O) groups excluding carboxylic acids is 2. The van der Waals surface area contributed by atoms with Crippen LogP contribution in [0.2, 0.25) is 0 Å². The zero-order valence-electron chi connectivity index (χ0n) is 11.7. The van der Waals surface area contributed by atoms with E-state index in [0.717, 1.165) is 25.7 Å². The monoisotopic (exact) mass is 276 g/mol. The lowest BCUT2D eigenvalue weighted by Gasteiger charge is -2.19. The van der Waals surface area contributed by atoms with E-state index in [9.17, 15) is 9.59 Å². The summed E-state index contributed by atoms with van der Waals surface area (Å²) >= 11 is 0. The molecule has 0 heterocycles. The fourth-order valence-corrected chi connectivity index (χ4v) is 2.43. The molecule has 2 atom stereocenters. The van der Waals surface area contributed by atoms with E-state index in [1.54, 1.807) is 24.3 Å². The van der Waals surface area contributed by atoms with Crippen LogP contribution in [0, 0.1) is 5.92 Å². The van der Waals surface area contributed by atoms with Crippen LogP contribution in [0.25, 0.3) is 0 Å². The van der Waals surface area contributed by atoms with Crippen LogP contribution in [0.15, 0.2) is 30.3 Å². The summed E-state index contributed by atoms with van der Waals surface area (Å²) in [7, 11) is 0. The summed E-state index contributed by atoms with van der Waals surface area (Å²) in [6.07, 6.45) is 2.79. The Morgan fingerprint density at radius 1 is 1.20 bits per heavy atom. The van der Waals surface area contributed by atoms with Crippen LogP contribution in [-0.2, 0) is 14.3 Å². The summed E-state index contributed by atoms with van der Waals surface area (Å²) in [5, 5.41) is 0. The highest BCUT2D eigenvalue weighted by molar-refractivity contribution is 5.89. The summed E-state index contributed by atoms with van der Waals surface area (Å²) in [5.41, 5.74) is 0.514. The molecular weight excluding hydrogens is 256 g/mol. The van der Waals surface area contributed by atoms with E-state index in [1.807, 2.05) is 13.0 Å². The maximum Gasteiger partial charge on any atom is 0.338 e. The molecule has 0 aliphatic heterocycles. The van der Waals surface area contributed by atoms with Crippen molar-refractivity contribution >= 4 is 11.9 Å². The smallest absolute Gasteiger partial charge is 0.338 e. The minimum absolute atomic E-state index is 0.241. The molecule has 4 nitrogen and oxygen atoms in total. The van der Waals surface area contributed by atoms with Gasteiger partial charge < -0.3 is 9.47 Å². The van der Waals surface area contributed by atoms with Gasteiger partial charge in [0, 0.05) is 0 Å². The highest BCUT2D eigenvalue weighted by Crippen LogP contribution is 2.30. The highest BCUT2D eigenvalue weighted by atomic mass is 16.6. The number of carbonyl (C=O) groups is 2. The highest BCUT2D eigenvalue weighted by Gasteiger charge is 2.37. The normalized spacial score (nSPS) is 21.4. The Bertz CT molecular complexity index is 455. The van der Waals surface area contributed by atoms with Crippen molar-refractivity contribution in [2.75, 3.05) is 6.61 Å². The van der Waals surface area contributed by atoms with Gasteiger partial charge in [0.25, 0.3) is 0 Å². The first-order valence-corrected chi connectivity index (χ1v) is 7.15. The van der Waals surface area contributed by atoms with Crippen molar-refractivity contribution in [2.24, 2.45) is 5.92 Å². The second-order valence-electron chi connectivity index (χ2n) is 5.01. The van der Waals surface area contributed by atoms with Gasteiger partial charge >= 0.3 is 11.9 Å². The third-order valence-corrected chi connectivity index (χ3v) is 3.47. The van der Waals surface area contributed by atoms with Gasteiger partial charge in [-0.25, -0.2) is 4.79 Å². The van der Waals surface area contributed by atoms with E-state index in [2.05, 4.69) is 0 Å². The molecule has 20 heavy (non-hydrogen) atoms. The van der Waals surface area contributed by atoms with Gasteiger partial charge in [0.1, 0.15) is 6.10 Å². The van der Waals surface area contributed by atoms with Crippen molar-refractivity contribution in [3.8, 4) is 0 Å². The predicted octanol–water partition coefficient (Wildman–Crippen LogP) is 2.97. The molecule has 0 N–H and O–H groups in total. The fourth-order valence-electron chi connectivity index (χ4n) is 2.43. The van der Waals surface area contributed by atoms with Crippen LogP contribution in [-0.4, -0.2) is 24.6 Å². The second kappa shape index (κ2) is 7.08. The van der Waals surface area contributed by atoms with Crippen LogP contribution in [0.3, 0.4) is 0 Å². The maximum atomic E-state index is 12.0. The molecule has 0 amide bonds. The number of esters is 2. The Hall–Kier alpha value is -1.84. The standard InChI is InChI=1S/C16H20O4/c1-2-11-19-16(18)13-9-6-10-14(13)20-15(17)12-7-4-3-5-8-12/h3-5,7-8,13-14H,2,6,9-11H2,1H3. The van der Waals surface area contributed by atoms with Gasteiger partial charge in [-0.1, -0.05) is 25.1 Å². The first kappa shape index (κ1) is 14.6. The van der Waals surface area contributed by atoms with Crippen molar-refractivity contribution in [2.45, 2.75) is 38.7 Å². The van der Waals surface area contributed by atoms with E-state index in [-0.39, 0.29) is 24.0 Å². The van der Waals surface area contributed by atoms with Crippen LogP contribution >= 0.6 is 0 Å². The van der Waals surface area contributed by atoms with Gasteiger partial charge in [0.05, 0.1) is 18.1 Å². The molecule has 1 aromatic rings. The molecule has 0 spiro atoms. The van der Waals surface area contributed by atoms with Crippen molar-refractivity contribution in [1.82, 2.24) is 0 Å². The molecular formula is C16H20O4. The molecule has 0 bridgehead atoms. The Balaban J connectivity index is 1.94. The minimum Gasteiger partial charge on any atom is -0.465 e. The first-order chi connectivity index (χ1) is 9.72. The summed E-state index contributed by atoms with van der Waals surface area (Å²) in [6, 6.07) is 8.84. The van der Waals surface area contributed by atoms with Gasteiger partial charge in [0.15, 0.2) is 0 Å². The van der Waals surface area contributed by atoms with Crippen LogP contribution in [0.4, 0.5) is 0 Å². The summed E-state index contributed by atoms with van der Waals surface area (Å²) in [5.74, 6) is -0.921. The third-order valence-electron chi connectivity index (χ3n) is 3.47. The molecule has 0 saturated heterocycles. The summed E-state index contributed by atoms with van der Waals surface area (Å²) in [6.45, 7) is 2.38. The number of hydrogen-bond donors (Lipinski definition) is 0. The quantitative estimate of drug-likeness (QED) is 0.776. The average molecular weight is 276 g/mol. The van der Waals surface area contributed by atoms with Crippen LogP contribution in [0.5, 0.6) is 0 Å². The van der Waals surface area contributed by atoms with E-state index < -0.39 is 0 Å². The van der Waals surface area contributed by atoms with Crippen molar-refractivity contribution in [3.63, 3.8) is 0 Å². The third kappa shape index (κ3) is 3.59. The van der Waals surface area contributed by atoms with Gasteiger partial charge in [-0.2, -0.15) is 0 Å². The molecule has 4 heteroatoms. The lowest BCUT2D eigenvalue weighted by atomic mass is 10.1. The van der Waals surface area contributed by atoms with E-state index in [1.165, 1.54) is 0 Å². The Morgan fingerprint density at radius 3 is 2.65 bits per heavy atom. The molecule has 1 aliphatic rings. The Morgan fingerprint density at radius 2 is 1.95 bits per heavy atom. The first-order valence-electron chi connectivity index (χ1n) is 7.15. The molecule has 2 unspecified atom stereocenters. The van der Waals surface area contributed by atoms with Crippen molar-refractivity contribution in [3.05, 3.63) is 35.9 Å². The second-order valence-corrected chi connectivity index (χ2v) is 5.01. The lowest BCUT2D eigenvalue weighted by Crippen LogP contribution is -2.29. The van der Waals surface area contributed by atoms with E-state index in [0.29, 0.717) is 12.2 Å². The van der Waals surface area contributed by atoms with E-state index >= 15 is 0 Å². The van der Waals surface area contributed by atoms with E-state index in [4.69, 9.17) is 9.47 Å². The SMILES string of the molecule is CCCOC(=O)C1CCCC1OC(=O)c1ccccc1. The number of rotatable bonds is 5. The lowest BCUT2D eigenvalue weighted by molar-refractivity contribution is -0.151. The molecule has 0 aromatic heterocycles. The average Bonchev–Trinajstić information content (AvgIpc) is 2.94. The van der Waals surface area contributed by atoms with Crippen LogP contribution in [0.1, 0.15) is 43.0 Å². The molecule has 2 rings (SSSR count). The van der Waals surface area contributed by atoms with Crippen molar-refractivity contribution < 1.29 is 19.1 Å². The number of benzene rings is 1. The van der Waals surface area contributed by atoms with Crippen molar-refractivity contribution in [1.29, 1.82) is 0 Å². The van der Waals surface area contributed by atoms with Crippen LogP contribution < -0.4 is 0 Å². The number of ether oxygens (including phenoxy) is 2. The van der Waals surface area contributed by atoms with Gasteiger partial charge in [-0.15, -0.1) is 0 Å². The molecule has 108 valence electrons. The number of hydrogen-bond acceptors (Lipinski definition) is 4. The van der Waals surface area contributed by atoms with Gasteiger partial charge in [0.2, 0.25) is 0 Å². The molecule has 1 saturated carbocycles. The Kier molecular flexibility index (Phi) is 5.16. The summed E-state index contributed by atoms with van der Waals surface area (Å²) in [4.78, 5) is 23.9. The van der Waals surface area contributed by atoms with Gasteiger partial charge in [-0.3, -0.25) is 4.79 Å². The molecule has 1 aliphatic carbocycles. The zero-order chi connectivity index (χ0) is 14.4. The molecule has 0 radical (unpaired) electrons. The van der Waals surface area contributed by atoms with Gasteiger partial charge in [-0.05, 0) is 37.8 Å². The topological polar surface area (TPSA) is 52.6 Å².